The molecule has 0 unspecified atom stereocenters. The molecule has 1 heterocycles. The van der Waals surface area contributed by atoms with E-state index in [-0.39, 0.29) is 31.3 Å². The van der Waals surface area contributed by atoms with Crippen LogP contribution in [-0.2, 0) is 20.8 Å². The van der Waals surface area contributed by atoms with E-state index in [1.54, 1.807) is 6.07 Å². The van der Waals surface area contributed by atoms with Gasteiger partial charge in [0.15, 0.2) is 5.96 Å². The van der Waals surface area contributed by atoms with Crippen LogP contribution in [0.3, 0.4) is 0 Å². The smallest absolute Gasteiger partial charge is 0.268 e. The molecule has 10 N–H and O–H groups in total. The van der Waals surface area contributed by atoms with Crippen LogP contribution in [0, 0.1) is 5.92 Å². The van der Waals surface area contributed by atoms with Crippen molar-refractivity contribution in [1.29, 1.82) is 0 Å². The Kier molecular flexibility index (Phi) is 11.9. The number of carbonyl (C=O) groups excluding carboxylic acids is 4. The van der Waals surface area contributed by atoms with Gasteiger partial charge in [-0.3, -0.25) is 24.2 Å². The summed E-state index contributed by atoms with van der Waals surface area (Å²) in [6.07, 6.45) is 6.43. The molecule has 3 atom stereocenters. The number of benzene rings is 2. The standard InChI is InChI=1S/C33H44N8O4/c34-29(42)26(18-21-10-3-1-4-11-21)40-30(43)25(16-9-17-37-33(35)36)39-31(44)27(19-22-12-5-2-6-13-22)41-32(45)28-20-23-14-7-8-15-24(23)38-28/h1,3-4,7-8,10-11,14-15,20,22,25-27,38H,2,5-6,9,12-13,16-19H2,(H2,34,42)(H,39,44)(H,40,43)(H,41,45)(H4,35,36,37)/t25-,26-,27-/m0/s1. The van der Waals surface area contributed by atoms with Crippen molar-refractivity contribution in [3.63, 3.8) is 0 Å². The summed E-state index contributed by atoms with van der Waals surface area (Å²) in [6, 6.07) is 15.6. The van der Waals surface area contributed by atoms with E-state index >= 15 is 0 Å². The summed E-state index contributed by atoms with van der Waals surface area (Å²) in [5, 5.41) is 9.36. The van der Waals surface area contributed by atoms with E-state index < -0.39 is 41.8 Å². The Balaban J connectivity index is 1.51. The van der Waals surface area contributed by atoms with Gasteiger partial charge in [0.1, 0.15) is 23.8 Å². The van der Waals surface area contributed by atoms with Crippen LogP contribution in [0.15, 0.2) is 65.7 Å². The fraction of sp³-hybridized carbons (Fsp3) is 0.424. The Morgan fingerprint density at radius 3 is 2.18 bits per heavy atom. The first-order valence-electron chi connectivity index (χ1n) is 15.6. The highest BCUT2D eigenvalue weighted by Gasteiger charge is 2.31. The summed E-state index contributed by atoms with van der Waals surface area (Å²) >= 11 is 0. The van der Waals surface area contributed by atoms with Gasteiger partial charge in [0, 0.05) is 23.9 Å². The van der Waals surface area contributed by atoms with Crippen molar-refractivity contribution in [3.05, 3.63) is 71.9 Å². The van der Waals surface area contributed by atoms with Crippen molar-refractivity contribution < 1.29 is 19.2 Å². The van der Waals surface area contributed by atoms with E-state index in [0.29, 0.717) is 18.5 Å². The summed E-state index contributed by atoms with van der Waals surface area (Å²) in [5.74, 6) is -1.97. The van der Waals surface area contributed by atoms with Crippen molar-refractivity contribution in [2.45, 2.75) is 75.9 Å². The lowest BCUT2D eigenvalue weighted by atomic mass is 9.84. The zero-order valence-corrected chi connectivity index (χ0v) is 25.5. The summed E-state index contributed by atoms with van der Waals surface area (Å²) in [6.45, 7) is 0.244. The Labute approximate surface area is 263 Å². The summed E-state index contributed by atoms with van der Waals surface area (Å²) in [7, 11) is 0. The van der Waals surface area contributed by atoms with Crippen LogP contribution in [0.25, 0.3) is 10.9 Å². The lowest BCUT2D eigenvalue weighted by Crippen LogP contribution is -2.57. The van der Waals surface area contributed by atoms with Gasteiger partial charge in [-0.05, 0) is 42.9 Å². The van der Waals surface area contributed by atoms with Crippen LogP contribution < -0.4 is 33.2 Å². The van der Waals surface area contributed by atoms with Crippen molar-refractivity contribution in [3.8, 4) is 0 Å². The zero-order valence-electron chi connectivity index (χ0n) is 25.5. The highest BCUT2D eigenvalue weighted by Crippen LogP contribution is 2.27. The average molecular weight is 617 g/mol. The van der Waals surface area contributed by atoms with Crippen molar-refractivity contribution in [2.24, 2.45) is 28.1 Å². The third kappa shape index (κ3) is 10.1. The number of nitrogens with two attached hydrogens (primary N) is 3. The molecule has 1 aromatic heterocycles. The number of guanidine groups is 1. The number of para-hydroxylation sites is 1. The highest BCUT2D eigenvalue weighted by atomic mass is 16.2. The zero-order chi connectivity index (χ0) is 32.2. The van der Waals surface area contributed by atoms with Gasteiger partial charge in [-0.15, -0.1) is 0 Å². The molecular formula is C33H44N8O4. The molecule has 1 aliphatic rings. The van der Waals surface area contributed by atoms with Crippen LogP contribution in [0.4, 0.5) is 0 Å². The molecule has 0 aliphatic heterocycles. The average Bonchev–Trinajstić information content (AvgIpc) is 3.47. The molecular weight excluding hydrogens is 572 g/mol. The molecule has 4 amide bonds. The Morgan fingerprint density at radius 2 is 1.49 bits per heavy atom. The Hall–Kier alpha value is -4.87. The van der Waals surface area contributed by atoms with Gasteiger partial charge in [-0.2, -0.15) is 0 Å². The van der Waals surface area contributed by atoms with Gasteiger partial charge in [0.25, 0.3) is 5.91 Å². The number of hydrogen-bond acceptors (Lipinski definition) is 5. The largest absolute Gasteiger partial charge is 0.370 e. The first kappa shape index (κ1) is 33.0. The fourth-order valence-corrected chi connectivity index (χ4v) is 5.81. The van der Waals surface area contributed by atoms with E-state index in [4.69, 9.17) is 17.2 Å². The summed E-state index contributed by atoms with van der Waals surface area (Å²) < 4.78 is 0. The van der Waals surface area contributed by atoms with E-state index in [0.717, 1.165) is 48.6 Å². The molecule has 0 saturated heterocycles. The minimum atomic E-state index is -1.02. The van der Waals surface area contributed by atoms with E-state index in [9.17, 15) is 19.2 Å². The maximum Gasteiger partial charge on any atom is 0.268 e. The normalized spacial score (nSPS) is 15.4. The van der Waals surface area contributed by atoms with Crippen LogP contribution in [0.1, 0.15) is 67.4 Å². The number of rotatable bonds is 15. The number of fused-ring (bicyclic) bond motifs is 1. The van der Waals surface area contributed by atoms with Crippen LogP contribution >= 0.6 is 0 Å². The predicted octanol–water partition coefficient (Wildman–Crippen LogP) is 1.99. The van der Waals surface area contributed by atoms with Crippen LogP contribution in [0.2, 0.25) is 0 Å². The van der Waals surface area contributed by atoms with Gasteiger partial charge in [0.05, 0.1) is 0 Å². The van der Waals surface area contributed by atoms with E-state index in [1.165, 1.54) is 0 Å². The number of carbonyl (C=O) groups is 4. The molecule has 1 fully saturated rings. The molecule has 0 bridgehead atoms. The molecule has 4 rings (SSSR count). The third-order valence-electron chi connectivity index (χ3n) is 8.21. The van der Waals surface area contributed by atoms with Gasteiger partial charge in [0.2, 0.25) is 17.7 Å². The number of primary amides is 1. The molecule has 3 aromatic rings. The number of nitrogens with one attached hydrogen (secondary N) is 4. The lowest BCUT2D eigenvalue weighted by molar-refractivity contribution is -0.132. The monoisotopic (exact) mass is 616 g/mol. The van der Waals surface area contributed by atoms with Crippen LogP contribution in [-0.4, -0.2) is 59.2 Å². The summed E-state index contributed by atoms with van der Waals surface area (Å²) in [4.78, 5) is 60.2. The van der Waals surface area contributed by atoms with Crippen molar-refractivity contribution in [1.82, 2.24) is 20.9 Å². The first-order chi connectivity index (χ1) is 21.7. The summed E-state index contributed by atoms with van der Waals surface area (Å²) in [5.41, 5.74) is 18.5. The topological polar surface area (TPSA) is 211 Å². The molecule has 45 heavy (non-hydrogen) atoms. The van der Waals surface area contributed by atoms with E-state index in [1.807, 2.05) is 54.6 Å². The first-order valence-corrected chi connectivity index (χ1v) is 15.6. The molecule has 1 aliphatic carbocycles. The number of aliphatic imine (C=N–C) groups is 1. The molecule has 12 heteroatoms. The lowest BCUT2D eigenvalue weighted by Gasteiger charge is -2.28. The highest BCUT2D eigenvalue weighted by molar-refractivity contribution is 6.01. The number of nitrogens with zero attached hydrogens (tertiary/aromatic N) is 1. The molecule has 12 nitrogen and oxygen atoms in total. The quantitative estimate of drug-likeness (QED) is 0.0770. The predicted molar refractivity (Wildman–Crippen MR) is 174 cm³/mol. The second kappa shape index (κ2) is 16.3. The SMILES string of the molecule is NC(=O)[C@H](Cc1ccccc1)NC(=O)[C@H](CCCN=C(N)N)NC(=O)[C@H](CC1CCCCC1)NC(=O)c1cc2ccccc2[nH]1. The van der Waals surface area contributed by atoms with Gasteiger partial charge in [-0.1, -0.05) is 80.6 Å². The second-order valence-electron chi connectivity index (χ2n) is 11.7. The van der Waals surface area contributed by atoms with Gasteiger partial charge < -0.3 is 38.1 Å². The molecule has 0 radical (unpaired) electrons. The number of H-pyrrole nitrogens is 1. The fourth-order valence-electron chi connectivity index (χ4n) is 5.81. The molecule has 240 valence electrons. The third-order valence-corrected chi connectivity index (χ3v) is 8.21. The Morgan fingerprint density at radius 1 is 0.822 bits per heavy atom. The maximum atomic E-state index is 13.8. The number of hydrogen-bond donors (Lipinski definition) is 7. The minimum Gasteiger partial charge on any atom is -0.370 e. The molecule has 0 spiro atoms. The second-order valence-corrected chi connectivity index (χ2v) is 11.7. The Bertz CT molecular complexity index is 1450. The number of aromatic amines is 1. The molecule has 1 saturated carbocycles. The molecule has 2 aromatic carbocycles. The number of amides is 4. The van der Waals surface area contributed by atoms with Crippen molar-refractivity contribution >= 4 is 40.5 Å². The van der Waals surface area contributed by atoms with Crippen molar-refractivity contribution in [2.75, 3.05) is 6.54 Å². The maximum absolute atomic E-state index is 13.8. The van der Waals surface area contributed by atoms with Gasteiger partial charge >= 0.3 is 0 Å². The minimum absolute atomic E-state index is 0.0797. The van der Waals surface area contributed by atoms with E-state index in [2.05, 4.69) is 25.9 Å². The van der Waals surface area contributed by atoms with Gasteiger partial charge in [-0.25, -0.2) is 0 Å². The van der Waals surface area contributed by atoms with Crippen LogP contribution in [0.5, 0.6) is 0 Å². The number of aromatic nitrogens is 1.